The molecule has 0 aromatic heterocycles. The van der Waals surface area contributed by atoms with Crippen molar-refractivity contribution >= 4 is 17.3 Å². The Bertz CT molecular complexity index is 519. The molecule has 9 heteroatoms. The Kier molecular flexibility index (Phi) is 6.38. The summed E-state index contributed by atoms with van der Waals surface area (Å²) in [4.78, 5) is 16.4. The smallest absolute Gasteiger partial charge is 0.339 e. The van der Waals surface area contributed by atoms with Gasteiger partial charge in [0, 0.05) is 0 Å². The lowest BCUT2D eigenvalue weighted by Gasteiger charge is -2.22. The Balaban J connectivity index is 3.36. The summed E-state index contributed by atoms with van der Waals surface area (Å²) < 4.78 is 0. The second-order valence-electron chi connectivity index (χ2n) is 4.71. The largest absolute Gasteiger partial charge is 0.478 e. The van der Waals surface area contributed by atoms with Gasteiger partial charge in [0.1, 0.15) is 29.9 Å². The number of nitrogens with one attached hydrogen (secondary N) is 3. The van der Waals surface area contributed by atoms with Gasteiger partial charge < -0.3 is 35.9 Å². The number of benzene rings is 1. The number of anilines is 2. The average molecular weight is 315 g/mol. The van der Waals surface area contributed by atoms with E-state index in [1.54, 1.807) is 0 Å². The predicted molar refractivity (Wildman–Crippen MR) is 79.5 cm³/mol. The van der Waals surface area contributed by atoms with Crippen molar-refractivity contribution in [1.29, 1.82) is 0 Å². The second-order valence-corrected chi connectivity index (χ2v) is 4.71. The Hall–Kier alpha value is -2.07. The lowest BCUT2D eigenvalue weighted by Crippen LogP contribution is -2.30. The predicted octanol–water partition coefficient (Wildman–Crippen LogP) is 0.107. The molecule has 0 aliphatic carbocycles. The molecule has 0 fully saturated rings. The van der Waals surface area contributed by atoms with Crippen molar-refractivity contribution in [1.82, 2.24) is 5.48 Å². The Morgan fingerprint density at radius 2 is 1.64 bits per heavy atom. The molecule has 0 saturated carbocycles. The van der Waals surface area contributed by atoms with Crippen molar-refractivity contribution in [3.8, 4) is 5.75 Å². The summed E-state index contributed by atoms with van der Waals surface area (Å²) in [6.07, 6.45) is -2.97. The first kappa shape index (κ1) is 18.0. The first-order chi connectivity index (χ1) is 10.2. The van der Waals surface area contributed by atoms with Gasteiger partial charge in [-0.25, -0.2) is 4.79 Å². The summed E-state index contributed by atoms with van der Waals surface area (Å²) >= 11 is 0. The molecule has 0 aliphatic heterocycles. The fraction of sp³-hybridized carbons (Fsp3) is 0.462. The summed E-state index contributed by atoms with van der Waals surface area (Å²) in [5, 5.41) is 42.7. The molecular weight excluding hydrogens is 294 g/mol. The molecule has 0 heterocycles. The molecule has 1 aromatic rings. The van der Waals surface area contributed by atoms with Crippen molar-refractivity contribution in [2.75, 3.05) is 10.6 Å². The number of rotatable bonds is 8. The van der Waals surface area contributed by atoms with Crippen LogP contribution in [0.1, 0.15) is 31.1 Å². The Morgan fingerprint density at radius 3 is 2.09 bits per heavy atom. The molecule has 0 spiro atoms. The number of carboxylic acid groups (broad SMARTS) is 1. The van der Waals surface area contributed by atoms with Gasteiger partial charge in [-0.1, -0.05) is 0 Å². The zero-order chi connectivity index (χ0) is 16.9. The topological polar surface area (TPSA) is 143 Å². The number of carbonyl (C=O) groups is 1. The first-order valence-corrected chi connectivity index (χ1v) is 6.62. The maximum Gasteiger partial charge on any atom is 0.339 e. The second kappa shape index (κ2) is 7.80. The first-order valence-electron chi connectivity index (χ1n) is 6.62. The Labute approximate surface area is 127 Å². The van der Waals surface area contributed by atoms with Crippen molar-refractivity contribution in [3.63, 3.8) is 0 Å². The molecule has 0 aliphatic rings. The van der Waals surface area contributed by atoms with Gasteiger partial charge in [-0.15, -0.1) is 5.48 Å². The van der Waals surface area contributed by atoms with Crippen molar-refractivity contribution in [2.45, 2.75) is 39.5 Å². The number of aliphatic hydroxyl groups is 3. The molecule has 22 heavy (non-hydrogen) atoms. The minimum Gasteiger partial charge on any atom is -0.478 e. The maximum absolute atomic E-state index is 11.3. The zero-order valence-electron chi connectivity index (χ0n) is 12.5. The van der Waals surface area contributed by atoms with Crippen LogP contribution in [0.5, 0.6) is 5.75 Å². The lowest BCUT2D eigenvalue weighted by atomic mass is 10.1. The number of hydrogen-bond acceptors (Lipinski definition) is 8. The van der Waals surface area contributed by atoms with Crippen molar-refractivity contribution < 1.29 is 30.1 Å². The third kappa shape index (κ3) is 5.04. The summed E-state index contributed by atoms with van der Waals surface area (Å²) in [7, 11) is 0. The van der Waals surface area contributed by atoms with Gasteiger partial charge in [-0.2, -0.15) is 0 Å². The fourth-order valence-corrected chi connectivity index (χ4v) is 1.70. The van der Waals surface area contributed by atoms with Crippen molar-refractivity contribution in [3.05, 3.63) is 17.7 Å². The average Bonchev–Trinajstić information content (AvgIpc) is 2.37. The molecule has 0 bridgehead atoms. The van der Waals surface area contributed by atoms with Crippen LogP contribution in [0.4, 0.5) is 11.4 Å². The van der Waals surface area contributed by atoms with Crippen LogP contribution < -0.4 is 21.0 Å². The van der Waals surface area contributed by atoms with Crippen LogP contribution in [0.25, 0.3) is 0 Å². The minimum absolute atomic E-state index is 0.129. The van der Waals surface area contributed by atoms with E-state index in [1.165, 1.54) is 32.9 Å². The summed E-state index contributed by atoms with van der Waals surface area (Å²) in [6.45, 7) is 4.30. The minimum atomic E-state index is -1.25. The maximum atomic E-state index is 11.3. The normalized spacial score (nSPS) is 14.8. The zero-order valence-corrected chi connectivity index (χ0v) is 12.5. The number of carboxylic acids is 1. The number of aliphatic hydroxyl groups excluding tert-OH is 3. The van der Waals surface area contributed by atoms with E-state index in [9.17, 15) is 25.2 Å². The van der Waals surface area contributed by atoms with Crippen LogP contribution in [-0.4, -0.2) is 45.1 Å². The lowest BCUT2D eigenvalue weighted by molar-refractivity contribution is 0.0317. The molecular formula is C13H21N3O6. The van der Waals surface area contributed by atoms with E-state index in [4.69, 9.17) is 4.84 Å². The summed E-state index contributed by atoms with van der Waals surface area (Å²) in [6, 6.07) is 2.70. The summed E-state index contributed by atoms with van der Waals surface area (Å²) in [5.74, 6) is -1.39. The highest BCUT2D eigenvalue weighted by atomic mass is 16.7. The SMILES string of the molecule is CC(O)NOc1c(C(=O)O)ccc(NC(C)O)c1NC(C)O. The van der Waals surface area contributed by atoms with Gasteiger partial charge in [-0.3, -0.25) is 0 Å². The third-order valence-electron chi connectivity index (χ3n) is 2.44. The highest BCUT2D eigenvalue weighted by Crippen LogP contribution is 2.36. The van der Waals surface area contributed by atoms with Gasteiger partial charge in [0.2, 0.25) is 0 Å². The quantitative estimate of drug-likeness (QED) is 0.262. The fourth-order valence-electron chi connectivity index (χ4n) is 1.70. The van der Waals surface area contributed by atoms with E-state index in [0.717, 1.165) is 0 Å². The van der Waals surface area contributed by atoms with Gasteiger partial charge in [0.15, 0.2) is 5.75 Å². The van der Waals surface area contributed by atoms with Gasteiger partial charge in [0.05, 0.1) is 5.69 Å². The van der Waals surface area contributed by atoms with Gasteiger partial charge >= 0.3 is 5.97 Å². The molecule has 124 valence electrons. The highest BCUT2D eigenvalue weighted by molar-refractivity contribution is 5.96. The van der Waals surface area contributed by atoms with E-state index in [2.05, 4.69) is 16.1 Å². The van der Waals surface area contributed by atoms with Gasteiger partial charge in [0.25, 0.3) is 0 Å². The van der Waals surface area contributed by atoms with Crippen LogP contribution >= 0.6 is 0 Å². The van der Waals surface area contributed by atoms with Crippen LogP contribution in [0, 0.1) is 0 Å². The van der Waals surface area contributed by atoms with Crippen LogP contribution in [0.3, 0.4) is 0 Å². The summed E-state index contributed by atoms with van der Waals surface area (Å²) in [5.41, 5.74) is 2.50. The standard InChI is InChI=1S/C13H21N3O6/c1-6(17)14-10-5-4-9(13(20)21)12(22-16-8(3)19)11(10)15-7(2)18/h4-8,14-19H,1-3H3,(H,20,21). The molecule has 3 unspecified atom stereocenters. The monoisotopic (exact) mass is 315 g/mol. The van der Waals surface area contributed by atoms with Crippen LogP contribution in [0.15, 0.2) is 12.1 Å². The molecule has 1 aromatic carbocycles. The Morgan fingerprint density at radius 1 is 1.05 bits per heavy atom. The van der Waals surface area contributed by atoms with E-state index >= 15 is 0 Å². The molecule has 9 nitrogen and oxygen atoms in total. The van der Waals surface area contributed by atoms with Crippen molar-refractivity contribution in [2.24, 2.45) is 0 Å². The molecule has 0 radical (unpaired) electrons. The number of aromatic carboxylic acids is 1. The van der Waals surface area contributed by atoms with Crippen LogP contribution in [-0.2, 0) is 0 Å². The number of hydrogen-bond donors (Lipinski definition) is 7. The third-order valence-corrected chi connectivity index (χ3v) is 2.44. The number of hydroxylamine groups is 1. The van der Waals surface area contributed by atoms with E-state index < -0.39 is 24.7 Å². The van der Waals surface area contributed by atoms with Crippen LogP contribution in [0.2, 0.25) is 0 Å². The molecule has 3 atom stereocenters. The van der Waals surface area contributed by atoms with E-state index in [0.29, 0.717) is 5.69 Å². The molecule has 7 N–H and O–H groups in total. The highest BCUT2D eigenvalue weighted by Gasteiger charge is 2.21. The molecule has 1 rings (SSSR count). The molecule has 0 saturated heterocycles. The van der Waals surface area contributed by atoms with E-state index in [1.807, 2.05) is 0 Å². The van der Waals surface area contributed by atoms with E-state index in [-0.39, 0.29) is 17.0 Å². The van der Waals surface area contributed by atoms with Gasteiger partial charge in [-0.05, 0) is 32.9 Å². The molecule has 0 amide bonds.